The van der Waals surface area contributed by atoms with Gasteiger partial charge in [0.15, 0.2) is 0 Å². The summed E-state index contributed by atoms with van der Waals surface area (Å²) in [5.41, 5.74) is 5.42. The van der Waals surface area contributed by atoms with E-state index in [0.29, 0.717) is 6.61 Å². The molecule has 0 fully saturated rings. The summed E-state index contributed by atoms with van der Waals surface area (Å²) in [6, 6.07) is 4.74. The number of rotatable bonds is 6. The van der Waals surface area contributed by atoms with Crippen molar-refractivity contribution in [2.24, 2.45) is 4.99 Å². The maximum absolute atomic E-state index is 5.93. The van der Waals surface area contributed by atoms with Gasteiger partial charge in [-0.15, -0.1) is 0 Å². The molecular weight excluding hydrogens is 270 g/mol. The van der Waals surface area contributed by atoms with Crippen LogP contribution in [0.2, 0.25) is 0 Å². The number of ether oxygens (including phenoxy) is 1. The number of benzene rings is 1. The van der Waals surface area contributed by atoms with E-state index in [2.05, 4.69) is 46.8 Å². The molecule has 0 bridgehead atoms. The van der Waals surface area contributed by atoms with E-state index in [9.17, 15) is 0 Å². The Morgan fingerprint density at radius 2 is 1.73 bits per heavy atom. The zero-order valence-corrected chi connectivity index (χ0v) is 15.0. The lowest BCUT2D eigenvalue weighted by atomic mass is 9.93. The Morgan fingerprint density at radius 1 is 1.05 bits per heavy atom. The monoisotopic (exact) mass is 301 g/mol. The number of hydrogen-bond donors (Lipinski definition) is 0. The second-order valence-corrected chi connectivity index (χ2v) is 7.37. The SMILES string of the molecule is CCCCc1cc(CCCC)c2c(c1)COC2=NC(C)(C)C. The molecule has 1 aromatic rings. The summed E-state index contributed by atoms with van der Waals surface area (Å²) in [7, 11) is 0. The standard InChI is InChI=1S/C20H31NO/c1-6-8-10-15-12-16(11-9-7-2)18-17(13-15)14-22-19(18)21-20(3,4)5/h12-13H,6-11,14H2,1-5H3. The van der Waals surface area contributed by atoms with Gasteiger partial charge in [-0.25, -0.2) is 4.99 Å². The molecular formula is C20H31NO. The quantitative estimate of drug-likeness (QED) is 0.685. The highest BCUT2D eigenvalue weighted by atomic mass is 16.5. The third kappa shape index (κ3) is 4.34. The molecule has 122 valence electrons. The van der Waals surface area contributed by atoms with Crippen LogP contribution >= 0.6 is 0 Å². The van der Waals surface area contributed by atoms with Gasteiger partial charge in [-0.3, -0.25) is 0 Å². The molecule has 2 rings (SSSR count). The fourth-order valence-electron chi connectivity index (χ4n) is 2.93. The summed E-state index contributed by atoms with van der Waals surface area (Å²) in [5, 5.41) is 0. The van der Waals surface area contributed by atoms with Gasteiger partial charge in [0, 0.05) is 11.1 Å². The lowest BCUT2D eigenvalue weighted by Gasteiger charge is -2.15. The molecule has 0 aliphatic carbocycles. The van der Waals surface area contributed by atoms with Crippen molar-refractivity contribution in [3.63, 3.8) is 0 Å². The van der Waals surface area contributed by atoms with E-state index in [1.807, 2.05) is 0 Å². The van der Waals surface area contributed by atoms with Gasteiger partial charge in [0.05, 0.1) is 5.54 Å². The first-order valence-electron chi connectivity index (χ1n) is 8.82. The van der Waals surface area contributed by atoms with E-state index in [1.54, 1.807) is 0 Å². The molecule has 0 saturated heterocycles. The first kappa shape index (κ1) is 17.1. The molecule has 1 aliphatic rings. The second kappa shape index (κ2) is 7.30. The smallest absolute Gasteiger partial charge is 0.217 e. The van der Waals surface area contributed by atoms with Crippen LogP contribution in [0.3, 0.4) is 0 Å². The van der Waals surface area contributed by atoms with Crippen molar-refractivity contribution in [1.82, 2.24) is 0 Å². The molecule has 0 amide bonds. The number of hydrogen-bond acceptors (Lipinski definition) is 2. The van der Waals surface area contributed by atoms with Crippen molar-refractivity contribution in [1.29, 1.82) is 0 Å². The highest BCUT2D eigenvalue weighted by molar-refractivity contribution is 5.99. The van der Waals surface area contributed by atoms with Gasteiger partial charge in [-0.05, 0) is 57.6 Å². The highest BCUT2D eigenvalue weighted by Gasteiger charge is 2.25. The fraction of sp³-hybridized carbons (Fsp3) is 0.650. The Morgan fingerprint density at radius 3 is 2.36 bits per heavy atom. The molecule has 0 spiro atoms. The summed E-state index contributed by atoms with van der Waals surface area (Å²) in [6.45, 7) is 11.6. The molecule has 0 aromatic heterocycles. The van der Waals surface area contributed by atoms with Crippen LogP contribution in [0.5, 0.6) is 0 Å². The molecule has 2 nitrogen and oxygen atoms in total. The molecule has 1 aliphatic heterocycles. The van der Waals surface area contributed by atoms with Crippen molar-refractivity contribution in [3.05, 3.63) is 34.4 Å². The maximum Gasteiger partial charge on any atom is 0.217 e. The van der Waals surface area contributed by atoms with Crippen LogP contribution < -0.4 is 0 Å². The third-order valence-electron chi connectivity index (χ3n) is 4.00. The molecule has 0 saturated carbocycles. The minimum atomic E-state index is -0.0974. The predicted molar refractivity (Wildman–Crippen MR) is 94.7 cm³/mol. The lowest BCUT2D eigenvalue weighted by molar-refractivity contribution is 0.307. The number of aryl methyl sites for hydroxylation is 2. The van der Waals surface area contributed by atoms with E-state index in [0.717, 1.165) is 12.3 Å². The average molecular weight is 301 g/mol. The fourth-order valence-corrected chi connectivity index (χ4v) is 2.93. The largest absolute Gasteiger partial charge is 0.473 e. The van der Waals surface area contributed by atoms with Gasteiger partial charge in [-0.1, -0.05) is 38.8 Å². The molecule has 2 heteroatoms. The van der Waals surface area contributed by atoms with Crippen molar-refractivity contribution < 1.29 is 4.74 Å². The summed E-state index contributed by atoms with van der Waals surface area (Å²) in [5.74, 6) is 0.857. The lowest BCUT2D eigenvalue weighted by Crippen LogP contribution is -2.15. The van der Waals surface area contributed by atoms with Crippen LogP contribution in [0.4, 0.5) is 0 Å². The van der Waals surface area contributed by atoms with Gasteiger partial charge in [0.1, 0.15) is 6.61 Å². The van der Waals surface area contributed by atoms with Gasteiger partial charge in [0.25, 0.3) is 0 Å². The van der Waals surface area contributed by atoms with Gasteiger partial charge in [-0.2, -0.15) is 0 Å². The molecule has 0 atom stereocenters. The Labute approximate surface area is 136 Å². The summed E-state index contributed by atoms with van der Waals surface area (Å²) < 4.78 is 5.93. The van der Waals surface area contributed by atoms with Crippen molar-refractivity contribution >= 4 is 5.90 Å². The Hall–Kier alpha value is -1.31. The average Bonchev–Trinajstić information content (AvgIpc) is 2.83. The predicted octanol–water partition coefficient (Wildman–Crippen LogP) is 5.45. The molecule has 22 heavy (non-hydrogen) atoms. The zero-order chi connectivity index (χ0) is 16.2. The molecule has 0 radical (unpaired) electrons. The molecule has 1 aromatic carbocycles. The van der Waals surface area contributed by atoms with Gasteiger partial charge in [0.2, 0.25) is 5.90 Å². The number of unbranched alkanes of at least 4 members (excludes halogenated alkanes) is 2. The van der Waals surface area contributed by atoms with E-state index < -0.39 is 0 Å². The minimum absolute atomic E-state index is 0.0974. The molecule has 0 N–H and O–H groups in total. The van der Waals surface area contributed by atoms with Gasteiger partial charge < -0.3 is 4.74 Å². The van der Waals surface area contributed by atoms with Crippen LogP contribution in [0.15, 0.2) is 17.1 Å². The van der Waals surface area contributed by atoms with Crippen molar-refractivity contribution in [2.45, 2.75) is 85.3 Å². The highest BCUT2D eigenvalue weighted by Crippen LogP contribution is 2.29. The Balaban J connectivity index is 2.40. The minimum Gasteiger partial charge on any atom is -0.473 e. The summed E-state index contributed by atoms with van der Waals surface area (Å²) in [4.78, 5) is 4.80. The summed E-state index contributed by atoms with van der Waals surface area (Å²) in [6.07, 6.45) is 7.26. The maximum atomic E-state index is 5.93. The van der Waals surface area contributed by atoms with Gasteiger partial charge >= 0.3 is 0 Å². The van der Waals surface area contributed by atoms with Crippen LogP contribution in [0, 0.1) is 0 Å². The normalized spacial score (nSPS) is 16.0. The number of aliphatic imine (C=N–C) groups is 1. The van der Waals surface area contributed by atoms with Crippen LogP contribution in [0.25, 0.3) is 0 Å². The topological polar surface area (TPSA) is 21.6 Å². The number of nitrogens with zero attached hydrogens (tertiary/aromatic N) is 1. The van der Waals surface area contributed by atoms with Crippen LogP contribution in [0.1, 0.15) is 82.6 Å². The van der Waals surface area contributed by atoms with Crippen molar-refractivity contribution in [2.75, 3.05) is 0 Å². The first-order valence-corrected chi connectivity index (χ1v) is 8.82. The molecule has 1 heterocycles. The zero-order valence-electron chi connectivity index (χ0n) is 15.0. The Bertz CT molecular complexity index is 537. The third-order valence-corrected chi connectivity index (χ3v) is 4.00. The Kier molecular flexibility index (Phi) is 5.66. The van der Waals surface area contributed by atoms with Crippen molar-refractivity contribution in [3.8, 4) is 0 Å². The second-order valence-electron chi connectivity index (χ2n) is 7.37. The number of fused-ring (bicyclic) bond motifs is 1. The van der Waals surface area contributed by atoms with E-state index in [-0.39, 0.29) is 5.54 Å². The summed E-state index contributed by atoms with van der Waals surface area (Å²) >= 11 is 0. The van der Waals surface area contributed by atoms with E-state index in [4.69, 9.17) is 9.73 Å². The first-order chi connectivity index (χ1) is 10.4. The van der Waals surface area contributed by atoms with E-state index in [1.165, 1.54) is 54.4 Å². The van der Waals surface area contributed by atoms with E-state index >= 15 is 0 Å². The van der Waals surface area contributed by atoms with Crippen LogP contribution in [-0.4, -0.2) is 11.4 Å². The van der Waals surface area contributed by atoms with Crippen LogP contribution in [-0.2, 0) is 24.2 Å². The molecule has 0 unspecified atom stereocenters.